The lowest BCUT2D eigenvalue weighted by Crippen LogP contribution is -2.08. The van der Waals surface area contributed by atoms with Crippen LogP contribution in [0.15, 0.2) is 12.3 Å². The number of methoxy groups -OCH3 is 1. The van der Waals surface area contributed by atoms with Crippen LogP contribution < -0.4 is 10.1 Å². The van der Waals surface area contributed by atoms with Crippen molar-refractivity contribution in [2.24, 2.45) is 0 Å². The van der Waals surface area contributed by atoms with Gasteiger partial charge in [0.05, 0.1) is 19.4 Å². The number of carbonyl (C=O) groups is 1. The SMILES string of the molecule is COc1c(NC(C)=O)ccnc1CO. The highest BCUT2D eigenvalue weighted by atomic mass is 16.5. The van der Waals surface area contributed by atoms with Gasteiger partial charge in [-0.3, -0.25) is 9.78 Å². The third-order valence-electron chi connectivity index (χ3n) is 1.64. The zero-order valence-electron chi connectivity index (χ0n) is 8.07. The van der Waals surface area contributed by atoms with Gasteiger partial charge in [0.25, 0.3) is 0 Å². The van der Waals surface area contributed by atoms with Gasteiger partial charge in [-0.2, -0.15) is 0 Å². The highest BCUT2D eigenvalue weighted by Crippen LogP contribution is 2.26. The number of hydrogen-bond donors (Lipinski definition) is 2. The van der Waals surface area contributed by atoms with Gasteiger partial charge >= 0.3 is 0 Å². The zero-order valence-corrected chi connectivity index (χ0v) is 8.07. The molecule has 1 aromatic rings. The molecule has 0 aromatic carbocycles. The molecule has 0 saturated heterocycles. The maximum atomic E-state index is 10.8. The Morgan fingerprint density at radius 1 is 1.71 bits per heavy atom. The summed E-state index contributed by atoms with van der Waals surface area (Å²) < 4.78 is 5.03. The molecule has 0 radical (unpaired) electrons. The number of anilines is 1. The molecule has 1 heterocycles. The highest BCUT2D eigenvalue weighted by molar-refractivity contribution is 5.90. The van der Waals surface area contributed by atoms with Gasteiger partial charge < -0.3 is 15.2 Å². The van der Waals surface area contributed by atoms with Crippen LogP contribution in [0.5, 0.6) is 5.75 Å². The van der Waals surface area contributed by atoms with E-state index >= 15 is 0 Å². The van der Waals surface area contributed by atoms with Crippen molar-refractivity contribution >= 4 is 11.6 Å². The average molecular weight is 196 g/mol. The molecule has 0 atom stereocenters. The van der Waals surface area contributed by atoms with Crippen LogP contribution in [-0.2, 0) is 11.4 Å². The second kappa shape index (κ2) is 4.57. The number of hydrogen-bond acceptors (Lipinski definition) is 4. The standard InChI is InChI=1S/C9H12N2O3/c1-6(13)11-7-3-4-10-8(5-12)9(7)14-2/h3-4,12H,5H2,1-2H3,(H,10,11,13). The van der Waals surface area contributed by atoms with Crippen LogP contribution in [0.1, 0.15) is 12.6 Å². The fourth-order valence-electron chi connectivity index (χ4n) is 1.12. The molecule has 1 amide bonds. The van der Waals surface area contributed by atoms with E-state index in [2.05, 4.69) is 10.3 Å². The number of nitrogens with zero attached hydrogens (tertiary/aromatic N) is 1. The second-order valence-corrected chi connectivity index (χ2v) is 2.68. The number of aromatic nitrogens is 1. The molecule has 1 aromatic heterocycles. The first-order valence-corrected chi connectivity index (χ1v) is 4.09. The first kappa shape index (κ1) is 10.5. The smallest absolute Gasteiger partial charge is 0.221 e. The zero-order chi connectivity index (χ0) is 10.6. The van der Waals surface area contributed by atoms with Gasteiger partial charge in [-0.15, -0.1) is 0 Å². The molecule has 0 bridgehead atoms. The van der Waals surface area contributed by atoms with Gasteiger partial charge in [-0.25, -0.2) is 0 Å². The first-order valence-electron chi connectivity index (χ1n) is 4.09. The molecule has 14 heavy (non-hydrogen) atoms. The van der Waals surface area contributed by atoms with Crippen LogP contribution in [-0.4, -0.2) is 23.1 Å². The quantitative estimate of drug-likeness (QED) is 0.740. The molecule has 2 N–H and O–H groups in total. The van der Waals surface area contributed by atoms with Crippen molar-refractivity contribution in [2.75, 3.05) is 12.4 Å². The molecule has 0 aliphatic rings. The molecule has 5 nitrogen and oxygen atoms in total. The molecule has 0 fully saturated rings. The number of amides is 1. The Kier molecular flexibility index (Phi) is 3.41. The van der Waals surface area contributed by atoms with Crippen molar-refractivity contribution in [1.82, 2.24) is 4.98 Å². The van der Waals surface area contributed by atoms with Gasteiger partial charge in [0.1, 0.15) is 5.69 Å². The number of carbonyl (C=O) groups excluding carboxylic acids is 1. The summed E-state index contributed by atoms with van der Waals surface area (Å²) in [5.74, 6) is 0.198. The van der Waals surface area contributed by atoms with Gasteiger partial charge in [0.2, 0.25) is 5.91 Å². The largest absolute Gasteiger partial charge is 0.493 e. The maximum Gasteiger partial charge on any atom is 0.221 e. The average Bonchev–Trinajstić information content (AvgIpc) is 2.16. The lowest BCUT2D eigenvalue weighted by atomic mass is 10.3. The highest BCUT2D eigenvalue weighted by Gasteiger charge is 2.09. The van der Waals surface area contributed by atoms with Crippen LogP contribution >= 0.6 is 0 Å². The lowest BCUT2D eigenvalue weighted by Gasteiger charge is -2.10. The van der Waals surface area contributed by atoms with Gasteiger partial charge in [-0.1, -0.05) is 0 Å². The van der Waals surface area contributed by atoms with Gasteiger partial charge in [-0.05, 0) is 6.07 Å². The lowest BCUT2D eigenvalue weighted by molar-refractivity contribution is -0.114. The molecule has 0 aliphatic carbocycles. The number of ether oxygens (including phenoxy) is 1. The van der Waals surface area contributed by atoms with Crippen molar-refractivity contribution in [3.8, 4) is 5.75 Å². The van der Waals surface area contributed by atoms with E-state index in [1.165, 1.54) is 20.2 Å². The van der Waals surface area contributed by atoms with Crippen molar-refractivity contribution in [3.05, 3.63) is 18.0 Å². The van der Waals surface area contributed by atoms with Crippen molar-refractivity contribution in [3.63, 3.8) is 0 Å². The summed E-state index contributed by atoms with van der Waals surface area (Å²) in [6.45, 7) is 1.18. The number of nitrogens with one attached hydrogen (secondary N) is 1. The van der Waals surface area contributed by atoms with Crippen molar-refractivity contribution in [2.45, 2.75) is 13.5 Å². The maximum absolute atomic E-state index is 10.8. The third kappa shape index (κ3) is 2.20. The van der Waals surface area contributed by atoms with E-state index in [1.807, 2.05) is 0 Å². The molecule has 0 unspecified atom stereocenters. The molecule has 0 saturated carbocycles. The minimum atomic E-state index is -0.226. The van der Waals surface area contributed by atoms with Crippen molar-refractivity contribution in [1.29, 1.82) is 0 Å². The molecule has 0 spiro atoms. The Hall–Kier alpha value is -1.62. The van der Waals surface area contributed by atoms with Crippen LogP contribution in [0.2, 0.25) is 0 Å². The summed E-state index contributed by atoms with van der Waals surface area (Å²) in [6.07, 6.45) is 1.50. The summed E-state index contributed by atoms with van der Waals surface area (Å²) in [5, 5.41) is 11.5. The second-order valence-electron chi connectivity index (χ2n) is 2.68. The number of aliphatic hydroxyl groups excluding tert-OH is 1. The minimum Gasteiger partial charge on any atom is -0.493 e. The summed E-state index contributed by atoms with van der Waals surface area (Å²) >= 11 is 0. The molecule has 5 heteroatoms. The predicted octanol–water partition coefficient (Wildman–Crippen LogP) is 0.541. The van der Waals surface area contributed by atoms with Crippen LogP contribution in [0.3, 0.4) is 0 Å². The molecule has 0 aliphatic heterocycles. The Balaban J connectivity index is 3.08. The van der Waals surface area contributed by atoms with Gasteiger partial charge in [0, 0.05) is 13.1 Å². The molecule has 1 rings (SSSR count). The van der Waals surface area contributed by atoms with E-state index in [-0.39, 0.29) is 12.5 Å². The van der Waals surface area contributed by atoms with Crippen LogP contribution in [0.25, 0.3) is 0 Å². The van der Waals surface area contributed by atoms with E-state index in [0.29, 0.717) is 17.1 Å². The summed E-state index contributed by atoms with van der Waals surface area (Å²) in [5.41, 5.74) is 0.915. The Morgan fingerprint density at radius 3 is 2.93 bits per heavy atom. The van der Waals surface area contributed by atoms with E-state index in [4.69, 9.17) is 9.84 Å². The Morgan fingerprint density at radius 2 is 2.43 bits per heavy atom. The molecular formula is C9H12N2O3. The Bertz CT molecular complexity index is 339. The normalized spacial score (nSPS) is 9.64. The van der Waals surface area contributed by atoms with E-state index in [1.54, 1.807) is 6.07 Å². The molecular weight excluding hydrogens is 184 g/mol. The van der Waals surface area contributed by atoms with Crippen LogP contribution in [0, 0.1) is 0 Å². The third-order valence-corrected chi connectivity index (χ3v) is 1.64. The van der Waals surface area contributed by atoms with Crippen LogP contribution in [0.4, 0.5) is 5.69 Å². The summed E-state index contributed by atoms with van der Waals surface area (Å²) in [6, 6.07) is 1.61. The fraction of sp³-hybridized carbons (Fsp3) is 0.333. The van der Waals surface area contributed by atoms with E-state index in [0.717, 1.165) is 0 Å². The van der Waals surface area contributed by atoms with E-state index < -0.39 is 0 Å². The van der Waals surface area contributed by atoms with Crippen molar-refractivity contribution < 1.29 is 14.6 Å². The monoisotopic (exact) mass is 196 g/mol. The minimum absolute atomic E-state index is 0.196. The van der Waals surface area contributed by atoms with E-state index in [9.17, 15) is 4.79 Å². The fourth-order valence-corrected chi connectivity index (χ4v) is 1.12. The summed E-state index contributed by atoms with van der Waals surface area (Å²) in [7, 11) is 1.46. The topological polar surface area (TPSA) is 71.5 Å². The summed E-state index contributed by atoms with van der Waals surface area (Å²) in [4.78, 5) is 14.7. The Labute approximate surface area is 81.7 Å². The number of pyridine rings is 1. The van der Waals surface area contributed by atoms with Gasteiger partial charge in [0.15, 0.2) is 5.75 Å². The number of rotatable bonds is 3. The molecule has 76 valence electrons. The predicted molar refractivity (Wildman–Crippen MR) is 51.0 cm³/mol. The number of aliphatic hydroxyl groups is 1. The first-order chi connectivity index (χ1) is 6.69.